The Bertz CT molecular complexity index is 491. The number of carbonyl (C=O) groups excluding carboxylic acids is 2. The summed E-state index contributed by atoms with van der Waals surface area (Å²) in [7, 11) is 1.21. The molecule has 1 aromatic carbocycles. The number of methoxy groups -OCH3 is 1. The van der Waals surface area contributed by atoms with Crippen LogP contribution in [0.25, 0.3) is 0 Å². The number of phenols is 1. The smallest absolute Gasteiger partial charge is 0.342 e. The van der Waals surface area contributed by atoms with Gasteiger partial charge in [0, 0.05) is 0 Å². The van der Waals surface area contributed by atoms with Gasteiger partial charge in [-0.05, 0) is 38.0 Å². The zero-order chi connectivity index (χ0) is 13.9. The van der Waals surface area contributed by atoms with Crippen molar-refractivity contribution < 1.29 is 24.2 Å². The molecule has 5 nitrogen and oxygen atoms in total. The summed E-state index contributed by atoms with van der Waals surface area (Å²) in [5.74, 6) is -1.66. The fraction of sp³-hybridized carbons (Fsp3) is 0.385. The van der Waals surface area contributed by atoms with Gasteiger partial charge < -0.3 is 14.6 Å². The first-order valence-corrected chi connectivity index (χ1v) is 5.52. The van der Waals surface area contributed by atoms with Crippen LogP contribution in [-0.2, 0) is 9.47 Å². The fourth-order valence-electron chi connectivity index (χ4n) is 1.58. The summed E-state index contributed by atoms with van der Waals surface area (Å²) in [6.07, 6.45) is 0. The monoisotopic (exact) mass is 252 g/mol. The van der Waals surface area contributed by atoms with Crippen molar-refractivity contribution in [2.45, 2.75) is 20.8 Å². The Kier molecular flexibility index (Phi) is 4.31. The summed E-state index contributed by atoms with van der Waals surface area (Å²) < 4.78 is 9.43. The van der Waals surface area contributed by atoms with Crippen molar-refractivity contribution >= 4 is 11.9 Å². The highest BCUT2D eigenvalue weighted by molar-refractivity contribution is 6.05. The molecule has 0 heterocycles. The molecule has 98 valence electrons. The number of ether oxygens (including phenoxy) is 2. The maximum atomic E-state index is 11.8. The third kappa shape index (κ3) is 2.45. The van der Waals surface area contributed by atoms with Gasteiger partial charge in [-0.25, -0.2) is 9.59 Å². The van der Waals surface area contributed by atoms with Crippen molar-refractivity contribution in [3.05, 3.63) is 28.3 Å². The number of hydrogen-bond acceptors (Lipinski definition) is 5. The molecule has 0 unspecified atom stereocenters. The molecule has 0 aliphatic rings. The second-order valence-electron chi connectivity index (χ2n) is 3.80. The molecule has 0 saturated heterocycles. The number of carbonyl (C=O) groups is 2. The molecular formula is C13H16O5. The Balaban J connectivity index is 3.49. The maximum absolute atomic E-state index is 11.8. The van der Waals surface area contributed by atoms with Crippen molar-refractivity contribution in [2.75, 3.05) is 13.7 Å². The highest BCUT2D eigenvalue weighted by Gasteiger charge is 2.25. The van der Waals surface area contributed by atoms with Gasteiger partial charge in [0.1, 0.15) is 11.3 Å². The topological polar surface area (TPSA) is 72.8 Å². The molecule has 0 spiro atoms. The lowest BCUT2D eigenvalue weighted by atomic mass is 9.98. The number of esters is 2. The minimum atomic E-state index is -0.737. The number of aromatic hydroxyl groups is 1. The van der Waals surface area contributed by atoms with E-state index >= 15 is 0 Å². The zero-order valence-electron chi connectivity index (χ0n) is 10.9. The van der Waals surface area contributed by atoms with Gasteiger partial charge in [-0.1, -0.05) is 0 Å². The molecule has 0 aliphatic carbocycles. The Morgan fingerprint density at radius 1 is 1.28 bits per heavy atom. The Morgan fingerprint density at radius 2 is 1.89 bits per heavy atom. The van der Waals surface area contributed by atoms with E-state index in [4.69, 9.17) is 4.74 Å². The van der Waals surface area contributed by atoms with Gasteiger partial charge in [0.05, 0.1) is 19.3 Å². The molecule has 0 atom stereocenters. The Labute approximate surface area is 105 Å². The molecule has 0 radical (unpaired) electrons. The van der Waals surface area contributed by atoms with Crippen LogP contribution in [0, 0.1) is 13.8 Å². The van der Waals surface area contributed by atoms with E-state index in [-0.39, 0.29) is 23.5 Å². The second-order valence-corrected chi connectivity index (χ2v) is 3.80. The first-order valence-electron chi connectivity index (χ1n) is 5.52. The minimum Gasteiger partial charge on any atom is -0.507 e. The lowest BCUT2D eigenvalue weighted by molar-refractivity contribution is 0.0500. The van der Waals surface area contributed by atoms with Crippen molar-refractivity contribution in [2.24, 2.45) is 0 Å². The van der Waals surface area contributed by atoms with E-state index < -0.39 is 11.9 Å². The predicted octanol–water partition coefficient (Wildman–Crippen LogP) is 1.97. The summed E-state index contributed by atoms with van der Waals surface area (Å²) in [6, 6.07) is 1.51. The lowest BCUT2D eigenvalue weighted by Crippen LogP contribution is -2.14. The SMILES string of the molecule is CCOC(=O)c1c(C(=O)OC)cc(C)c(C)c1O. The van der Waals surface area contributed by atoms with Gasteiger partial charge in [-0.3, -0.25) is 0 Å². The molecule has 5 heteroatoms. The molecule has 0 bridgehead atoms. The van der Waals surface area contributed by atoms with Crippen LogP contribution in [0.2, 0.25) is 0 Å². The molecule has 1 N–H and O–H groups in total. The standard InChI is InChI=1S/C13H16O5/c1-5-18-13(16)10-9(12(15)17-4)6-7(2)8(3)11(10)14/h6,14H,5H2,1-4H3. The van der Waals surface area contributed by atoms with E-state index in [1.807, 2.05) is 0 Å². The quantitative estimate of drug-likeness (QED) is 0.832. The van der Waals surface area contributed by atoms with Crippen molar-refractivity contribution in [1.82, 2.24) is 0 Å². The van der Waals surface area contributed by atoms with E-state index in [2.05, 4.69) is 4.74 Å². The maximum Gasteiger partial charge on any atom is 0.342 e. The third-order valence-corrected chi connectivity index (χ3v) is 2.70. The normalized spacial score (nSPS) is 10.0. The number of hydrogen-bond donors (Lipinski definition) is 1. The molecule has 0 amide bonds. The number of rotatable bonds is 3. The molecule has 0 saturated carbocycles. The summed E-state index contributed by atoms with van der Waals surface area (Å²) in [6.45, 7) is 5.20. The molecular weight excluding hydrogens is 236 g/mol. The van der Waals surface area contributed by atoms with Crippen LogP contribution in [-0.4, -0.2) is 30.8 Å². The number of phenolic OH excluding ortho intramolecular Hbond substituents is 1. The number of aryl methyl sites for hydroxylation is 1. The fourth-order valence-corrected chi connectivity index (χ4v) is 1.58. The molecule has 0 aliphatic heterocycles. The van der Waals surface area contributed by atoms with Gasteiger partial charge in [-0.2, -0.15) is 0 Å². The van der Waals surface area contributed by atoms with E-state index in [1.165, 1.54) is 13.2 Å². The van der Waals surface area contributed by atoms with Crippen LogP contribution in [0.3, 0.4) is 0 Å². The van der Waals surface area contributed by atoms with Crippen LogP contribution in [0.1, 0.15) is 38.8 Å². The van der Waals surface area contributed by atoms with E-state index in [1.54, 1.807) is 20.8 Å². The lowest BCUT2D eigenvalue weighted by Gasteiger charge is -2.13. The van der Waals surface area contributed by atoms with Gasteiger partial charge in [-0.15, -0.1) is 0 Å². The summed E-state index contributed by atoms with van der Waals surface area (Å²) >= 11 is 0. The Morgan fingerprint density at radius 3 is 2.39 bits per heavy atom. The molecule has 0 fully saturated rings. The second kappa shape index (κ2) is 5.53. The molecule has 1 aromatic rings. The van der Waals surface area contributed by atoms with E-state index in [0.717, 1.165) is 0 Å². The van der Waals surface area contributed by atoms with Gasteiger partial charge in [0.2, 0.25) is 0 Å². The average Bonchev–Trinajstić information content (AvgIpc) is 2.34. The first kappa shape index (κ1) is 14.0. The molecule has 1 rings (SSSR count). The third-order valence-electron chi connectivity index (χ3n) is 2.70. The summed E-state index contributed by atoms with van der Waals surface area (Å²) in [5.41, 5.74) is 1.09. The molecule has 0 aromatic heterocycles. The minimum absolute atomic E-state index is 0.0107. The largest absolute Gasteiger partial charge is 0.507 e. The van der Waals surface area contributed by atoms with Crippen LogP contribution in [0.4, 0.5) is 0 Å². The zero-order valence-corrected chi connectivity index (χ0v) is 10.9. The van der Waals surface area contributed by atoms with Crippen molar-refractivity contribution in [3.63, 3.8) is 0 Å². The van der Waals surface area contributed by atoms with Crippen LogP contribution < -0.4 is 0 Å². The van der Waals surface area contributed by atoms with Crippen LogP contribution in [0.15, 0.2) is 6.07 Å². The highest BCUT2D eigenvalue weighted by Crippen LogP contribution is 2.29. The van der Waals surface area contributed by atoms with E-state index in [9.17, 15) is 14.7 Å². The first-order chi connectivity index (χ1) is 8.43. The van der Waals surface area contributed by atoms with Crippen LogP contribution in [0.5, 0.6) is 5.75 Å². The van der Waals surface area contributed by atoms with Crippen molar-refractivity contribution in [1.29, 1.82) is 0 Å². The van der Waals surface area contributed by atoms with E-state index in [0.29, 0.717) is 11.1 Å². The number of benzene rings is 1. The average molecular weight is 252 g/mol. The predicted molar refractivity (Wildman–Crippen MR) is 64.9 cm³/mol. The van der Waals surface area contributed by atoms with Gasteiger partial charge >= 0.3 is 11.9 Å². The summed E-state index contributed by atoms with van der Waals surface area (Å²) in [5, 5.41) is 9.99. The summed E-state index contributed by atoms with van der Waals surface area (Å²) in [4.78, 5) is 23.4. The molecule has 18 heavy (non-hydrogen) atoms. The van der Waals surface area contributed by atoms with Gasteiger partial charge in [0.25, 0.3) is 0 Å². The Hall–Kier alpha value is -2.04. The van der Waals surface area contributed by atoms with Gasteiger partial charge in [0.15, 0.2) is 0 Å². The highest BCUT2D eigenvalue weighted by atomic mass is 16.5. The van der Waals surface area contributed by atoms with Crippen LogP contribution >= 0.6 is 0 Å². The van der Waals surface area contributed by atoms with Crippen molar-refractivity contribution in [3.8, 4) is 5.75 Å².